The quantitative estimate of drug-likeness (QED) is 0.766. The fourth-order valence-electron chi connectivity index (χ4n) is 1.89. The summed E-state index contributed by atoms with van der Waals surface area (Å²) in [5.74, 6) is -0.261. The molecule has 1 aromatic carbocycles. The van der Waals surface area contributed by atoms with Crippen molar-refractivity contribution in [2.45, 2.75) is 39.1 Å². The third-order valence-electron chi connectivity index (χ3n) is 2.86. The molecule has 0 N–H and O–H groups in total. The van der Waals surface area contributed by atoms with E-state index < -0.39 is 6.10 Å². The number of aryl methyl sites for hydroxylation is 1. The Morgan fingerprint density at radius 1 is 1.39 bits per heavy atom. The minimum Gasteiger partial charge on any atom is -0.434 e. The van der Waals surface area contributed by atoms with Gasteiger partial charge in [0, 0.05) is 6.42 Å². The Labute approximate surface area is 107 Å². The molecular formula is C15H18O3. The Morgan fingerprint density at radius 2 is 2.22 bits per heavy atom. The first kappa shape index (κ1) is 12.8. The second-order valence-corrected chi connectivity index (χ2v) is 4.54. The number of esters is 1. The molecule has 0 bridgehead atoms. The SMILES string of the molecule is Cc1cccc(/C=C/CCC2OC(=O)[C@@H](C)O2)c1. The smallest absolute Gasteiger partial charge is 0.337 e. The van der Waals surface area contributed by atoms with Gasteiger partial charge in [0.15, 0.2) is 6.10 Å². The van der Waals surface area contributed by atoms with Gasteiger partial charge < -0.3 is 9.47 Å². The fraction of sp³-hybridized carbons (Fsp3) is 0.400. The van der Waals surface area contributed by atoms with Gasteiger partial charge in [0.05, 0.1) is 0 Å². The number of benzene rings is 1. The molecule has 0 amide bonds. The molecule has 1 saturated heterocycles. The molecule has 1 unspecified atom stereocenters. The van der Waals surface area contributed by atoms with E-state index in [1.54, 1.807) is 6.92 Å². The van der Waals surface area contributed by atoms with Gasteiger partial charge in [0.1, 0.15) is 0 Å². The Balaban J connectivity index is 1.77. The molecule has 0 aliphatic carbocycles. The lowest BCUT2D eigenvalue weighted by molar-refractivity contribution is -0.143. The van der Waals surface area contributed by atoms with Gasteiger partial charge in [-0.1, -0.05) is 42.0 Å². The molecule has 0 radical (unpaired) electrons. The third-order valence-corrected chi connectivity index (χ3v) is 2.86. The molecule has 18 heavy (non-hydrogen) atoms. The highest BCUT2D eigenvalue weighted by molar-refractivity contribution is 5.75. The van der Waals surface area contributed by atoms with Crippen LogP contribution in [0.3, 0.4) is 0 Å². The largest absolute Gasteiger partial charge is 0.434 e. The lowest BCUT2D eigenvalue weighted by Gasteiger charge is -2.05. The van der Waals surface area contributed by atoms with Crippen LogP contribution in [-0.4, -0.2) is 18.4 Å². The molecule has 96 valence electrons. The summed E-state index contributed by atoms with van der Waals surface area (Å²) < 4.78 is 10.4. The lowest BCUT2D eigenvalue weighted by Crippen LogP contribution is -2.09. The fourth-order valence-corrected chi connectivity index (χ4v) is 1.89. The van der Waals surface area contributed by atoms with Crippen molar-refractivity contribution in [3.8, 4) is 0 Å². The number of ether oxygens (including phenoxy) is 2. The zero-order valence-corrected chi connectivity index (χ0v) is 10.8. The Hall–Kier alpha value is -1.61. The van der Waals surface area contributed by atoms with Crippen molar-refractivity contribution in [1.29, 1.82) is 0 Å². The molecule has 3 nitrogen and oxygen atoms in total. The summed E-state index contributed by atoms with van der Waals surface area (Å²) in [6.45, 7) is 3.79. The average Bonchev–Trinajstić information content (AvgIpc) is 2.65. The maximum absolute atomic E-state index is 11.1. The van der Waals surface area contributed by atoms with E-state index in [2.05, 4.69) is 37.3 Å². The summed E-state index contributed by atoms with van der Waals surface area (Å²) in [7, 11) is 0. The van der Waals surface area contributed by atoms with E-state index in [0.717, 1.165) is 6.42 Å². The van der Waals surface area contributed by atoms with Gasteiger partial charge >= 0.3 is 5.97 Å². The Morgan fingerprint density at radius 3 is 2.89 bits per heavy atom. The van der Waals surface area contributed by atoms with E-state index >= 15 is 0 Å². The van der Waals surface area contributed by atoms with Crippen LogP contribution in [0.2, 0.25) is 0 Å². The summed E-state index contributed by atoms with van der Waals surface area (Å²) in [6, 6.07) is 8.31. The second-order valence-electron chi connectivity index (χ2n) is 4.54. The van der Waals surface area contributed by atoms with Crippen molar-refractivity contribution in [2.24, 2.45) is 0 Å². The van der Waals surface area contributed by atoms with Crippen molar-refractivity contribution < 1.29 is 14.3 Å². The monoisotopic (exact) mass is 246 g/mol. The highest BCUT2D eigenvalue weighted by atomic mass is 16.7. The normalized spacial score (nSPS) is 23.6. The van der Waals surface area contributed by atoms with Crippen molar-refractivity contribution in [3.63, 3.8) is 0 Å². The minimum atomic E-state index is -0.421. The summed E-state index contributed by atoms with van der Waals surface area (Å²) in [5, 5.41) is 0. The van der Waals surface area contributed by atoms with Crippen molar-refractivity contribution in [2.75, 3.05) is 0 Å². The van der Waals surface area contributed by atoms with E-state index in [9.17, 15) is 4.79 Å². The molecule has 1 aromatic rings. The number of hydrogen-bond donors (Lipinski definition) is 0. The van der Waals surface area contributed by atoms with Crippen LogP contribution in [0.4, 0.5) is 0 Å². The van der Waals surface area contributed by atoms with Gasteiger partial charge in [-0.15, -0.1) is 0 Å². The van der Waals surface area contributed by atoms with Gasteiger partial charge in [0.25, 0.3) is 0 Å². The first-order valence-electron chi connectivity index (χ1n) is 6.24. The molecule has 2 atom stereocenters. The summed E-state index contributed by atoms with van der Waals surface area (Å²) >= 11 is 0. The number of carbonyl (C=O) groups is 1. The van der Waals surface area contributed by atoms with E-state index in [4.69, 9.17) is 9.47 Å². The van der Waals surface area contributed by atoms with Crippen LogP contribution < -0.4 is 0 Å². The maximum Gasteiger partial charge on any atom is 0.337 e. The Kier molecular flexibility index (Phi) is 4.15. The number of allylic oxidation sites excluding steroid dienone is 1. The average molecular weight is 246 g/mol. The molecule has 0 aromatic heterocycles. The Bertz CT molecular complexity index is 451. The molecule has 3 heteroatoms. The highest BCUT2D eigenvalue weighted by Crippen LogP contribution is 2.17. The third kappa shape index (κ3) is 3.44. The number of cyclic esters (lactones) is 1. The second kappa shape index (κ2) is 5.83. The molecule has 1 heterocycles. The van der Waals surface area contributed by atoms with Crippen LogP contribution in [0, 0.1) is 6.92 Å². The van der Waals surface area contributed by atoms with E-state index in [1.165, 1.54) is 11.1 Å². The number of hydrogen-bond acceptors (Lipinski definition) is 3. The van der Waals surface area contributed by atoms with Gasteiger partial charge in [-0.2, -0.15) is 0 Å². The van der Waals surface area contributed by atoms with Gasteiger partial charge in [0.2, 0.25) is 6.29 Å². The minimum absolute atomic E-state index is 0.261. The number of carbonyl (C=O) groups excluding carboxylic acids is 1. The van der Waals surface area contributed by atoms with Crippen LogP contribution in [0.25, 0.3) is 6.08 Å². The van der Waals surface area contributed by atoms with Gasteiger partial charge in [-0.25, -0.2) is 4.79 Å². The maximum atomic E-state index is 11.1. The first-order valence-corrected chi connectivity index (χ1v) is 6.24. The van der Waals surface area contributed by atoms with E-state index in [0.29, 0.717) is 6.42 Å². The summed E-state index contributed by atoms with van der Waals surface area (Å²) in [5.41, 5.74) is 2.44. The molecule has 0 saturated carbocycles. The zero-order chi connectivity index (χ0) is 13.0. The van der Waals surface area contributed by atoms with Crippen LogP contribution in [0.15, 0.2) is 30.3 Å². The molecule has 1 aliphatic heterocycles. The molecule has 1 fully saturated rings. The predicted molar refractivity (Wildman–Crippen MR) is 69.9 cm³/mol. The lowest BCUT2D eigenvalue weighted by atomic mass is 10.1. The molecule has 1 aliphatic rings. The van der Waals surface area contributed by atoms with E-state index in [-0.39, 0.29) is 12.3 Å². The first-order chi connectivity index (χ1) is 8.65. The van der Waals surface area contributed by atoms with Crippen LogP contribution >= 0.6 is 0 Å². The zero-order valence-electron chi connectivity index (χ0n) is 10.8. The van der Waals surface area contributed by atoms with E-state index in [1.807, 2.05) is 6.07 Å². The summed E-state index contributed by atoms with van der Waals surface area (Å²) in [6.07, 6.45) is 4.89. The van der Waals surface area contributed by atoms with Gasteiger partial charge in [-0.05, 0) is 25.8 Å². The standard InChI is InChI=1S/C15H18O3/c1-11-6-5-8-13(10-11)7-3-4-9-14-17-12(2)15(16)18-14/h3,5-8,10,12,14H,4,9H2,1-2H3/b7-3+/t12-,14?/m1/s1. The molecular weight excluding hydrogens is 228 g/mol. The topological polar surface area (TPSA) is 35.5 Å². The van der Waals surface area contributed by atoms with Crippen molar-refractivity contribution >= 4 is 12.0 Å². The van der Waals surface area contributed by atoms with Gasteiger partial charge in [-0.3, -0.25) is 0 Å². The van der Waals surface area contributed by atoms with Crippen LogP contribution in [-0.2, 0) is 14.3 Å². The van der Waals surface area contributed by atoms with Crippen molar-refractivity contribution in [1.82, 2.24) is 0 Å². The molecule has 0 spiro atoms. The van der Waals surface area contributed by atoms with Crippen LogP contribution in [0.5, 0.6) is 0 Å². The molecule has 2 rings (SSSR count). The van der Waals surface area contributed by atoms with Crippen LogP contribution in [0.1, 0.15) is 30.9 Å². The highest BCUT2D eigenvalue weighted by Gasteiger charge is 2.30. The van der Waals surface area contributed by atoms with Crippen molar-refractivity contribution in [3.05, 3.63) is 41.5 Å². The predicted octanol–water partition coefficient (Wildman–Crippen LogP) is 3.08. The number of rotatable bonds is 4. The summed E-state index contributed by atoms with van der Waals surface area (Å²) in [4.78, 5) is 11.1.